The van der Waals surface area contributed by atoms with Gasteiger partial charge in [-0.05, 0) is 47.5 Å². The van der Waals surface area contributed by atoms with E-state index < -0.39 is 11.6 Å². The van der Waals surface area contributed by atoms with Crippen LogP contribution in [0.3, 0.4) is 0 Å². The molecule has 2 nitrogen and oxygen atoms in total. The van der Waals surface area contributed by atoms with Crippen LogP contribution in [0.15, 0.2) is 67.0 Å². The van der Waals surface area contributed by atoms with Gasteiger partial charge in [0, 0.05) is 24.0 Å². The molecule has 4 rings (SSSR count). The van der Waals surface area contributed by atoms with Gasteiger partial charge in [-0.15, -0.1) is 0 Å². The first-order valence-corrected chi connectivity index (χ1v) is 7.11. The van der Waals surface area contributed by atoms with E-state index in [-0.39, 0.29) is 0 Å². The quantitative estimate of drug-likeness (QED) is 0.522. The topological polar surface area (TPSA) is 17.3 Å². The monoisotopic (exact) mass is 305 g/mol. The summed E-state index contributed by atoms with van der Waals surface area (Å²) in [6, 6.07) is 18.0. The maximum absolute atomic E-state index is 13.4. The standard InChI is InChI=1S/C19H11F2N2/c20-16-8-15(9-17(21)10-16)18-12-23-11-14(6-7-19(23)22-18)13-4-2-1-3-5-13/h1-2,4-12H. The van der Waals surface area contributed by atoms with Gasteiger partial charge < -0.3 is 4.40 Å². The van der Waals surface area contributed by atoms with Crippen LogP contribution >= 0.6 is 0 Å². The van der Waals surface area contributed by atoms with Gasteiger partial charge in [0.2, 0.25) is 0 Å². The van der Waals surface area contributed by atoms with Gasteiger partial charge in [0.15, 0.2) is 0 Å². The molecule has 111 valence electrons. The van der Waals surface area contributed by atoms with Crippen molar-refractivity contribution in [3.63, 3.8) is 0 Å². The van der Waals surface area contributed by atoms with Gasteiger partial charge in [-0.2, -0.15) is 0 Å². The fourth-order valence-corrected chi connectivity index (χ4v) is 2.58. The summed E-state index contributed by atoms with van der Waals surface area (Å²) in [6.45, 7) is 0. The van der Waals surface area contributed by atoms with Crippen LogP contribution in [-0.2, 0) is 0 Å². The second-order valence-corrected chi connectivity index (χ2v) is 5.26. The van der Waals surface area contributed by atoms with Gasteiger partial charge in [0.05, 0.1) is 5.69 Å². The molecule has 2 heterocycles. The average Bonchev–Trinajstić information content (AvgIpc) is 2.98. The molecule has 0 aliphatic carbocycles. The lowest BCUT2D eigenvalue weighted by molar-refractivity contribution is 0.584. The molecule has 0 atom stereocenters. The number of rotatable bonds is 2. The lowest BCUT2D eigenvalue weighted by Crippen LogP contribution is -1.84. The molecular weight excluding hydrogens is 294 g/mol. The highest BCUT2D eigenvalue weighted by Gasteiger charge is 2.08. The number of hydrogen-bond donors (Lipinski definition) is 0. The number of benzene rings is 2. The van der Waals surface area contributed by atoms with E-state index in [1.54, 1.807) is 6.20 Å². The third-order valence-electron chi connectivity index (χ3n) is 3.65. The van der Waals surface area contributed by atoms with Crippen LogP contribution in [0.4, 0.5) is 8.78 Å². The molecule has 0 saturated carbocycles. The highest BCUT2D eigenvalue weighted by atomic mass is 19.1. The molecule has 0 bridgehead atoms. The minimum absolute atomic E-state index is 0.417. The molecule has 0 aliphatic rings. The first-order chi connectivity index (χ1) is 11.2. The molecule has 0 aliphatic heterocycles. The van der Waals surface area contributed by atoms with Crippen LogP contribution < -0.4 is 0 Å². The van der Waals surface area contributed by atoms with Crippen LogP contribution in [0.1, 0.15) is 0 Å². The van der Waals surface area contributed by atoms with Gasteiger partial charge in [-0.3, -0.25) is 0 Å². The summed E-state index contributed by atoms with van der Waals surface area (Å²) >= 11 is 0. The average molecular weight is 305 g/mol. The van der Waals surface area contributed by atoms with Crippen molar-refractivity contribution in [2.75, 3.05) is 0 Å². The normalized spacial score (nSPS) is 11.0. The molecule has 1 radical (unpaired) electrons. The van der Waals surface area contributed by atoms with Gasteiger partial charge >= 0.3 is 0 Å². The lowest BCUT2D eigenvalue weighted by atomic mass is 10.1. The molecule has 2 aromatic heterocycles. The number of fused-ring (bicyclic) bond motifs is 1. The second kappa shape index (κ2) is 5.32. The number of nitrogens with zero attached hydrogens (tertiary/aromatic N) is 2. The zero-order valence-corrected chi connectivity index (χ0v) is 12.0. The highest BCUT2D eigenvalue weighted by molar-refractivity contribution is 5.67. The fraction of sp³-hybridized carbons (Fsp3) is 0. The van der Waals surface area contributed by atoms with Crippen molar-refractivity contribution in [2.45, 2.75) is 0 Å². The van der Waals surface area contributed by atoms with E-state index in [0.29, 0.717) is 16.9 Å². The van der Waals surface area contributed by atoms with E-state index in [1.165, 1.54) is 12.1 Å². The third kappa shape index (κ3) is 2.59. The summed E-state index contributed by atoms with van der Waals surface area (Å²) in [5, 5.41) is 0. The summed E-state index contributed by atoms with van der Waals surface area (Å²) in [6.07, 6.45) is 3.70. The molecule has 0 saturated heterocycles. The Morgan fingerprint density at radius 3 is 2.43 bits per heavy atom. The number of hydrogen-bond acceptors (Lipinski definition) is 1. The Morgan fingerprint density at radius 1 is 0.870 bits per heavy atom. The zero-order chi connectivity index (χ0) is 15.8. The largest absolute Gasteiger partial charge is 0.306 e. The highest BCUT2D eigenvalue weighted by Crippen LogP contribution is 2.24. The van der Waals surface area contributed by atoms with Crippen molar-refractivity contribution in [1.29, 1.82) is 0 Å². The maximum Gasteiger partial charge on any atom is 0.137 e. The van der Waals surface area contributed by atoms with Gasteiger partial charge in [-0.1, -0.05) is 18.2 Å². The number of aromatic nitrogens is 2. The molecule has 0 amide bonds. The van der Waals surface area contributed by atoms with Crippen LogP contribution in [0.2, 0.25) is 0 Å². The Kier molecular flexibility index (Phi) is 3.15. The molecule has 0 unspecified atom stereocenters. The summed E-state index contributed by atoms with van der Waals surface area (Å²) in [5.41, 5.74) is 3.72. The van der Waals surface area contributed by atoms with Gasteiger partial charge in [0.25, 0.3) is 0 Å². The molecule has 23 heavy (non-hydrogen) atoms. The minimum atomic E-state index is -0.613. The molecular formula is C19H11F2N2. The van der Waals surface area contributed by atoms with Crippen LogP contribution in [0.25, 0.3) is 28.0 Å². The smallest absolute Gasteiger partial charge is 0.137 e. The van der Waals surface area contributed by atoms with E-state index in [2.05, 4.69) is 11.1 Å². The molecule has 2 aromatic carbocycles. The molecule has 0 N–H and O–H groups in total. The van der Waals surface area contributed by atoms with Crippen molar-refractivity contribution in [2.24, 2.45) is 0 Å². The summed E-state index contributed by atoms with van der Waals surface area (Å²) in [5.74, 6) is -1.23. The van der Waals surface area contributed by atoms with Crippen LogP contribution in [-0.4, -0.2) is 9.38 Å². The molecule has 0 spiro atoms. The van der Waals surface area contributed by atoms with E-state index in [9.17, 15) is 8.78 Å². The lowest BCUT2D eigenvalue weighted by Gasteiger charge is -2.01. The summed E-state index contributed by atoms with van der Waals surface area (Å²) < 4.78 is 28.6. The van der Waals surface area contributed by atoms with E-state index in [0.717, 1.165) is 17.2 Å². The number of halogens is 2. The predicted octanol–water partition coefficient (Wildman–Crippen LogP) is 4.75. The first kappa shape index (κ1) is 13.6. The Balaban J connectivity index is 1.82. The zero-order valence-electron chi connectivity index (χ0n) is 12.0. The van der Waals surface area contributed by atoms with Gasteiger partial charge in [0.1, 0.15) is 17.3 Å². The summed E-state index contributed by atoms with van der Waals surface area (Å²) in [4.78, 5) is 4.42. The Morgan fingerprint density at radius 2 is 1.70 bits per heavy atom. The van der Waals surface area contributed by atoms with Crippen molar-refractivity contribution in [3.05, 3.63) is 84.7 Å². The minimum Gasteiger partial charge on any atom is -0.306 e. The van der Waals surface area contributed by atoms with Crippen molar-refractivity contribution >= 4 is 5.65 Å². The summed E-state index contributed by atoms with van der Waals surface area (Å²) in [7, 11) is 0. The van der Waals surface area contributed by atoms with E-state index in [4.69, 9.17) is 0 Å². The van der Waals surface area contributed by atoms with E-state index >= 15 is 0 Å². The van der Waals surface area contributed by atoms with Crippen molar-refractivity contribution < 1.29 is 8.78 Å². The predicted molar refractivity (Wildman–Crippen MR) is 84.8 cm³/mol. The van der Waals surface area contributed by atoms with Crippen LogP contribution in [0.5, 0.6) is 0 Å². The Hall–Kier alpha value is -3.01. The fourth-order valence-electron chi connectivity index (χ4n) is 2.58. The second-order valence-electron chi connectivity index (χ2n) is 5.26. The third-order valence-corrected chi connectivity index (χ3v) is 3.65. The van der Waals surface area contributed by atoms with E-state index in [1.807, 2.05) is 47.0 Å². The van der Waals surface area contributed by atoms with Crippen molar-refractivity contribution in [3.8, 4) is 22.4 Å². The maximum atomic E-state index is 13.4. The van der Waals surface area contributed by atoms with Gasteiger partial charge in [-0.25, -0.2) is 13.8 Å². The first-order valence-electron chi connectivity index (χ1n) is 7.11. The molecule has 0 fully saturated rings. The Bertz CT molecular complexity index is 971. The van der Waals surface area contributed by atoms with Crippen LogP contribution in [0, 0.1) is 17.7 Å². The van der Waals surface area contributed by atoms with Crippen molar-refractivity contribution in [1.82, 2.24) is 9.38 Å². The SMILES string of the molecule is Fc1cc(F)cc(-c2cn3cc(-c4c[c]ccc4)ccc3n2)c1. The molecule has 4 aromatic rings. The Labute approximate surface area is 131 Å². The molecule has 4 heteroatoms. The number of pyridine rings is 1. The number of imidazole rings is 1.